The zero-order chi connectivity index (χ0) is 22.5. The summed E-state index contributed by atoms with van der Waals surface area (Å²) in [7, 11) is -1.61. The molecular weight excluding hydrogens is 399 g/mol. The molecular formula is C21H31BN4O5. The molecule has 0 aliphatic carbocycles. The first-order valence-corrected chi connectivity index (χ1v) is 10.9. The lowest BCUT2D eigenvalue weighted by Crippen LogP contribution is -2.56. The monoisotopic (exact) mass is 430 g/mol. The van der Waals surface area contributed by atoms with Gasteiger partial charge in [0.05, 0.1) is 12.0 Å². The van der Waals surface area contributed by atoms with Crippen molar-refractivity contribution < 1.29 is 24.4 Å². The van der Waals surface area contributed by atoms with E-state index in [0.29, 0.717) is 45.2 Å². The largest absolute Gasteiger partial charge is 0.475 e. The van der Waals surface area contributed by atoms with Gasteiger partial charge in [0.1, 0.15) is 12.1 Å². The number of hydrogen-bond acceptors (Lipinski definition) is 6. The van der Waals surface area contributed by atoms with Crippen molar-refractivity contribution in [2.45, 2.75) is 63.1 Å². The number of benzene rings is 1. The number of nitrogens with zero attached hydrogens (tertiary/aromatic N) is 2. The predicted octanol–water partition coefficient (Wildman–Crippen LogP) is -0.945. The van der Waals surface area contributed by atoms with Crippen molar-refractivity contribution in [1.82, 2.24) is 15.1 Å². The molecule has 2 heterocycles. The van der Waals surface area contributed by atoms with E-state index in [0.717, 1.165) is 5.56 Å². The molecule has 10 heteroatoms. The van der Waals surface area contributed by atoms with Gasteiger partial charge in [-0.2, -0.15) is 0 Å². The van der Waals surface area contributed by atoms with E-state index in [2.05, 4.69) is 5.32 Å². The molecule has 2 fully saturated rings. The second-order valence-electron chi connectivity index (χ2n) is 8.37. The summed E-state index contributed by atoms with van der Waals surface area (Å²) in [6.45, 7) is 2.44. The number of rotatable bonds is 7. The molecule has 0 aromatic heterocycles. The zero-order valence-corrected chi connectivity index (χ0v) is 17.8. The van der Waals surface area contributed by atoms with Crippen molar-refractivity contribution in [2.24, 2.45) is 5.73 Å². The Morgan fingerprint density at radius 3 is 2.42 bits per heavy atom. The van der Waals surface area contributed by atoms with Crippen LogP contribution in [0.1, 0.15) is 38.2 Å². The van der Waals surface area contributed by atoms with E-state index in [1.807, 2.05) is 30.3 Å². The fraction of sp³-hybridized carbons (Fsp3) is 0.571. The Balaban J connectivity index is 1.58. The average Bonchev–Trinajstić information content (AvgIpc) is 3.43. The second kappa shape index (κ2) is 10.3. The molecule has 0 saturated carbocycles. The zero-order valence-electron chi connectivity index (χ0n) is 17.8. The van der Waals surface area contributed by atoms with Crippen LogP contribution in [0, 0.1) is 0 Å². The molecule has 1 aromatic rings. The number of likely N-dealkylation sites (tertiary alicyclic amines) is 2. The Bertz CT molecular complexity index is 793. The third kappa shape index (κ3) is 5.44. The minimum Gasteiger partial charge on any atom is -0.426 e. The normalized spacial score (nSPS) is 22.8. The first-order chi connectivity index (χ1) is 14.8. The highest BCUT2D eigenvalue weighted by atomic mass is 16.4. The van der Waals surface area contributed by atoms with Crippen molar-refractivity contribution in [1.29, 1.82) is 0 Å². The van der Waals surface area contributed by atoms with E-state index < -0.39 is 31.2 Å². The quantitative estimate of drug-likeness (QED) is 0.412. The Morgan fingerprint density at radius 1 is 1.10 bits per heavy atom. The molecule has 168 valence electrons. The van der Waals surface area contributed by atoms with Crippen LogP contribution >= 0.6 is 0 Å². The molecule has 5 N–H and O–H groups in total. The molecule has 4 atom stereocenters. The smallest absolute Gasteiger partial charge is 0.426 e. The van der Waals surface area contributed by atoms with Crippen LogP contribution in [-0.4, -0.2) is 81.8 Å². The first-order valence-electron chi connectivity index (χ1n) is 10.9. The van der Waals surface area contributed by atoms with Crippen LogP contribution in [0.25, 0.3) is 0 Å². The number of nitrogens with two attached hydrogens (primary N) is 1. The standard InChI is InChI=1S/C21H31BN4O5/c1-14(20(28)26-12-6-10-18(26)22(30)31)24-19(27)17-9-5-11-25(17)21(29)16(23)13-15-7-3-2-4-8-15/h2-4,7-8,14,16-18,30-31H,5-6,9-13,23H2,1H3,(H,24,27)/t14-,16-,17-,18-/m0/s1. The Kier molecular flexibility index (Phi) is 7.69. The van der Waals surface area contributed by atoms with Crippen LogP contribution in [0.3, 0.4) is 0 Å². The fourth-order valence-electron chi connectivity index (χ4n) is 4.47. The first kappa shape index (κ1) is 23.2. The van der Waals surface area contributed by atoms with E-state index in [1.54, 1.807) is 6.92 Å². The lowest BCUT2D eigenvalue weighted by Gasteiger charge is -2.30. The van der Waals surface area contributed by atoms with Crippen LogP contribution in [-0.2, 0) is 20.8 Å². The average molecular weight is 430 g/mol. The van der Waals surface area contributed by atoms with Crippen LogP contribution in [0.5, 0.6) is 0 Å². The molecule has 2 aliphatic rings. The number of carbonyl (C=O) groups is 3. The molecule has 0 unspecified atom stereocenters. The Hall–Kier alpha value is -2.43. The maximum Gasteiger partial charge on any atom is 0.475 e. The van der Waals surface area contributed by atoms with Gasteiger partial charge >= 0.3 is 7.12 Å². The van der Waals surface area contributed by atoms with Gasteiger partial charge in [0.25, 0.3) is 0 Å². The molecule has 31 heavy (non-hydrogen) atoms. The highest BCUT2D eigenvalue weighted by Gasteiger charge is 2.40. The number of hydrogen-bond donors (Lipinski definition) is 4. The van der Waals surface area contributed by atoms with Gasteiger partial charge < -0.3 is 30.9 Å². The van der Waals surface area contributed by atoms with Crippen LogP contribution in [0.2, 0.25) is 0 Å². The van der Waals surface area contributed by atoms with Gasteiger partial charge in [-0.1, -0.05) is 30.3 Å². The Morgan fingerprint density at radius 2 is 1.74 bits per heavy atom. The summed E-state index contributed by atoms with van der Waals surface area (Å²) in [5.41, 5.74) is 7.09. The van der Waals surface area contributed by atoms with Gasteiger partial charge in [0.15, 0.2) is 0 Å². The summed E-state index contributed by atoms with van der Waals surface area (Å²) in [6, 6.07) is 7.24. The lowest BCUT2D eigenvalue weighted by atomic mass is 9.78. The van der Waals surface area contributed by atoms with E-state index in [9.17, 15) is 24.4 Å². The summed E-state index contributed by atoms with van der Waals surface area (Å²) in [5.74, 6) is -1.68. The highest BCUT2D eigenvalue weighted by molar-refractivity contribution is 6.43. The number of nitrogens with one attached hydrogen (secondary N) is 1. The molecule has 9 nitrogen and oxygen atoms in total. The molecule has 2 aliphatic heterocycles. The van der Waals surface area contributed by atoms with Gasteiger partial charge in [-0.3, -0.25) is 14.4 Å². The number of carbonyl (C=O) groups excluding carboxylic acids is 3. The van der Waals surface area contributed by atoms with Crippen LogP contribution in [0.15, 0.2) is 30.3 Å². The molecule has 3 rings (SSSR count). The van der Waals surface area contributed by atoms with Crippen molar-refractivity contribution >= 4 is 24.8 Å². The summed E-state index contributed by atoms with van der Waals surface area (Å²) >= 11 is 0. The minimum absolute atomic E-state index is 0.275. The van der Waals surface area contributed by atoms with Crippen molar-refractivity contribution in [3.63, 3.8) is 0 Å². The molecule has 0 bridgehead atoms. The molecule has 1 aromatic carbocycles. The van der Waals surface area contributed by atoms with Gasteiger partial charge in [-0.05, 0) is 44.6 Å². The molecule has 2 saturated heterocycles. The predicted molar refractivity (Wildman–Crippen MR) is 115 cm³/mol. The van der Waals surface area contributed by atoms with Gasteiger partial charge in [0.2, 0.25) is 17.7 Å². The van der Waals surface area contributed by atoms with Gasteiger partial charge in [-0.15, -0.1) is 0 Å². The van der Waals surface area contributed by atoms with Gasteiger partial charge in [-0.25, -0.2) is 0 Å². The maximum absolute atomic E-state index is 12.9. The van der Waals surface area contributed by atoms with Gasteiger partial charge in [0, 0.05) is 13.1 Å². The van der Waals surface area contributed by atoms with Crippen molar-refractivity contribution in [3.8, 4) is 0 Å². The third-order valence-corrected chi connectivity index (χ3v) is 6.11. The SMILES string of the molecule is C[C@H](NC(=O)[C@@H]1CCCN1C(=O)[C@@H](N)Cc1ccccc1)C(=O)N1CCC[C@H]1B(O)O. The topological polar surface area (TPSA) is 136 Å². The van der Waals surface area contributed by atoms with E-state index >= 15 is 0 Å². The maximum atomic E-state index is 12.9. The molecule has 0 spiro atoms. The number of amides is 3. The Labute approximate surface area is 182 Å². The van der Waals surface area contributed by atoms with Crippen molar-refractivity contribution in [2.75, 3.05) is 13.1 Å². The minimum atomic E-state index is -1.61. The molecule has 0 radical (unpaired) electrons. The second-order valence-corrected chi connectivity index (χ2v) is 8.37. The third-order valence-electron chi connectivity index (χ3n) is 6.11. The molecule has 3 amide bonds. The van der Waals surface area contributed by atoms with Crippen molar-refractivity contribution in [3.05, 3.63) is 35.9 Å². The van der Waals surface area contributed by atoms with Crippen LogP contribution in [0.4, 0.5) is 0 Å². The van der Waals surface area contributed by atoms with E-state index in [4.69, 9.17) is 5.73 Å². The highest BCUT2D eigenvalue weighted by Crippen LogP contribution is 2.21. The summed E-state index contributed by atoms with van der Waals surface area (Å²) < 4.78 is 0. The van der Waals surface area contributed by atoms with E-state index in [-0.39, 0.29) is 17.7 Å². The fourth-order valence-corrected chi connectivity index (χ4v) is 4.47. The van der Waals surface area contributed by atoms with Crippen LogP contribution < -0.4 is 11.1 Å². The van der Waals surface area contributed by atoms with E-state index in [1.165, 1.54) is 9.80 Å². The summed E-state index contributed by atoms with van der Waals surface area (Å²) in [4.78, 5) is 41.4. The lowest BCUT2D eigenvalue weighted by molar-refractivity contribution is -0.141. The summed E-state index contributed by atoms with van der Waals surface area (Å²) in [6.07, 6.45) is 2.78. The summed E-state index contributed by atoms with van der Waals surface area (Å²) in [5, 5.41) is 21.7.